The van der Waals surface area contributed by atoms with Gasteiger partial charge in [-0.05, 0) is 29.8 Å². The summed E-state index contributed by atoms with van der Waals surface area (Å²) in [4.78, 5) is 8.18. The van der Waals surface area contributed by atoms with Gasteiger partial charge in [-0.15, -0.1) is 0 Å². The van der Waals surface area contributed by atoms with Crippen LogP contribution in [0.1, 0.15) is 12.5 Å². The minimum absolute atomic E-state index is 0.184. The lowest BCUT2D eigenvalue weighted by Gasteiger charge is -2.21. The molecule has 2 aromatic rings. The van der Waals surface area contributed by atoms with Gasteiger partial charge in [0.05, 0.1) is 0 Å². The van der Waals surface area contributed by atoms with Crippen molar-refractivity contribution in [1.29, 1.82) is 0 Å². The van der Waals surface area contributed by atoms with Gasteiger partial charge in [-0.2, -0.15) is 4.31 Å². The smallest absolute Gasteiger partial charge is 0.247 e. The van der Waals surface area contributed by atoms with Crippen molar-refractivity contribution in [3.8, 4) is 0 Å². The Balaban J connectivity index is 2.36. The molecule has 0 saturated carbocycles. The van der Waals surface area contributed by atoms with Crippen LogP contribution in [-0.4, -0.2) is 36.3 Å². The number of anilines is 1. The van der Waals surface area contributed by atoms with Gasteiger partial charge in [0.15, 0.2) is 0 Å². The van der Waals surface area contributed by atoms with Crippen molar-refractivity contribution in [3.05, 3.63) is 48.4 Å². The van der Waals surface area contributed by atoms with E-state index in [1.165, 1.54) is 4.31 Å². The molecule has 2 aromatic heterocycles. The highest BCUT2D eigenvalue weighted by molar-refractivity contribution is 7.89. The highest BCUT2D eigenvalue weighted by atomic mass is 32.2. The first-order valence-electron chi connectivity index (χ1n) is 6.61. The number of aromatic nitrogens is 2. The fraction of sp³-hybridized carbons (Fsp3) is 0.286. The number of sulfonamides is 1. The average Bonchev–Trinajstić information content (AvgIpc) is 2.53. The predicted molar refractivity (Wildman–Crippen MR) is 81.3 cm³/mol. The molecule has 0 aliphatic rings. The molecule has 7 heteroatoms. The van der Waals surface area contributed by atoms with Crippen molar-refractivity contribution in [2.45, 2.75) is 18.4 Å². The van der Waals surface area contributed by atoms with Gasteiger partial charge in [-0.3, -0.25) is 4.98 Å². The number of nitrogens with zero attached hydrogens (tertiary/aromatic N) is 3. The summed E-state index contributed by atoms with van der Waals surface area (Å²) in [6.07, 6.45) is 4.86. The lowest BCUT2D eigenvalue weighted by molar-refractivity contribution is 0.423. The van der Waals surface area contributed by atoms with E-state index in [-0.39, 0.29) is 4.90 Å². The fourth-order valence-corrected chi connectivity index (χ4v) is 3.57. The van der Waals surface area contributed by atoms with Crippen LogP contribution in [0.3, 0.4) is 0 Å². The molecule has 0 unspecified atom stereocenters. The number of hydrogen-bond acceptors (Lipinski definition) is 5. The zero-order chi connectivity index (χ0) is 15.3. The van der Waals surface area contributed by atoms with Crippen molar-refractivity contribution >= 4 is 15.8 Å². The molecule has 0 fully saturated rings. The van der Waals surface area contributed by atoms with Crippen molar-refractivity contribution in [1.82, 2.24) is 14.3 Å². The standard InChI is InChI=1S/C14H18N4O2S/c1-3-18(11-12-6-9-16-10-7-12)21(19,20)13-5-4-8-17-14(13)15-2/h4-10H,3,11H2,1-2H3,(H,15,17). The van der Waals surface area contributed by atoms with E-state index in [0.29, 0.717) is 18.9 Å². The maximum atomic E-state index is 12.8. The second-order valence-corrected chi connectivity index (χ2v) is 6.29. The third-order valence-corrected chi connectivity index (χ3v) is 5.04. The molecule has 112 valence electrons. The Labute approximate surface area is 124 Å². The first kappa shape index (κ1) is 15.4. The van der Waals surface area contributed by atoms with Crippen LogP contribution in [0.5, 0.6) is 0 Å². The lowest BCUT2D eigenvalue weighted by atomic mass is 10.3. The second kappa shape index (κ2) is 6.64. The Morgan fingerprint density at radius 1 is 1.19 bits per heavy atom. The first-order chi connectivity index (χ1) is 10.1. The van der Waals surface area contributed by atoms with Crippen LogP contribution in [0.15, 0.2) is 47.8 Å². The first-order valence-corrected chi connectivity index (χ1v) is 8.05. The summed E-state index contributed by atoms with van der Waals surface area (Å²) in [6.45, 7) is 2.50. The highest BCUT2D eigenvalue weighted by Crippen LogP contribution is 2.23. The molecule has 0 radical (unpaired) electrons. The lowest BCUT2D eigenvalue weighted by Crippen LogP contribution is -2.31. The summed E-state index contributed by atoms with van der Waals surface area (Å²) in [6, 6.07) is 6.79. The van der Waals surface area contributed by atoms with Crippen LogP contribution >= 0.6 is 0 Å². The SMILES string of the molecule is CCN(Cc1ccncc1)S(=O)(=O)c1cccnc1NC. The Morgan fingerprint density at radius 3 is 2.52 bits per heavy atom. The van der Waals surface area contributed by atoms with Crippen molar-refractivity contribution < 1.29 is 8.42 Å². The number of hydrogen-bond donors (Lipinski definition) is 1. The van der Waals surface area contributed by atoms with E-state index in [1.807, 2.05) is 6.92 Å². The molecule has 0 amide bonds. The van der Waals surface area contributed by atoms with E-state index >= 15 is 0 Å². The molecular weight excluding hydrogens is 288 g/mol. The van der Waals surface area contributed by atoms with Crippen LogP contribution in [0.2, 0.25) is 0 Å². The molecule has 0 aromatic carbocycles. The van der Waals surface area contributed by atoms with Gasteiger partial charge in [-0.25, -0.2) is 13.4 Å². The number of nitrogens with one attached hydrogen (secondary N) is 1. The second-order valence-electron chi connectivity index (χ2n) is 4.39. The molecule has 2 heterocycles. The topological polar surface area (TPSA) is 75.2 Å². The molecule has 0 aliphatic heterocycles. The molecule has 0 bridgehead atoms. The Kier molecular flexibility index (Phi) is 4.87. The fourth-order valence-electron chi connectivity index (χ4n) is 1.98. The number of pyridine rings is 2. The molecule has 0 atom stereocenters. The van der Waals surface area contributed by atoms with E-state index in [9.17, 15) is 8.42 Å². The molecule has 2 rings (SSSR count). The van der Waals surface area contributed by atoms with Crippen molar-refractivity contribution in [2.75, 3.05) is 18.9 Å². The molecule has 1 N–H and O–H groups in total. The molecule has 0 saturated heterocycles. The van der Waals surface area contributed by atoms with Gasteiger partial charge < -0.3 is 5.32 Å². The molecular formula is C14H18N4O2S. The maximum Gasteiger partial charge on any atom is 0.247 e. The predicted octanol–water partition coefficient (Wildman–Crippen LogP) is 1.73. The zero-order valence-corrected chi connectivity index (χ0v) is 12.8. The highest BCUT2D eigenvalue weighted by Gasteiger charge is 2.26. The largest absolute Gasteiger partial charge is 0.372 e. The Morgan fingerprint density at radius 2 is 1.90 bits per heavy atom. The molecule has 0 aliphatic carbocycles. The van der Waals surface area contributed by atoms with E-state index in [4.69, 9.17) is 0 Å². The van der Waals surface area contributed by atoms with Gasteiger partial charge in [0.1, 0.15) is 10.7 Å². The quantitative estimate of drug-likeness (QED) is 0.879. The third-order valence-electron chi connectivity index (χ3n) is 3.09. The van der Waals surface area contributed by atoms with Gasteiger partial charge in [-0.1, -0.05) is 6.92 Å². The van der Waals surface area contributed by atoms with E-state index in [0.717, 1.165) is 5.56 Å². The summed E-state index contributed by atoms with van der Waals surface area (Å²) >= 11 is 0. The van der Waals surface area contributed by atoms with Gasteiger partial charge in [0.25, 0.3) is 0 Å². The van der Waals surface area contributed by atoms with E-state index < -0.39 is 10.0 Å². The van der Waals surface area contributed by atoms with Gasteiger partial charge in [0.2, 0.25) is 10.0 Å². The molecule has 21 heavy (non-hydrogen) atoms. The van der Waals surface area contributed by atoms with E-state index in [1.54, 1.807) is 49.9 Å². The van der Waals surface area contributed by atoms with E-state index in [2.05, 4.69) is 15.3 Å². The minimum atomic E-state index is -3.60. The summed E-state index contributed by atoms with van der Waals surface area (Å²) in [5.74, 6) is 0.352. The average molecular weight is 306 g/mol. The molecule has 0 spiro atoms. The molecule has 6 nitrogen and oxygen atoms in total. The zero-order valence-electron chi connectivity index (χ0n) is 12.0. The van der Waals surface area contributed by atoms with Crippen LogP contribution < -0.4 is 5.32 Å². The summed E-state index contributed by atoms with van der Waals surface area (Å²) in [5, 5.41) is 2.82. The van der Waals surface area contributed by atoms with Crippen LogP contribution in [0.25, 0.3) is 0 Å². The van der Waals surface area contributed by atoms with Crippen LogP contribution in [-0.2, 0) is 16.6 Å². The van der Waals surface area contributed by atoms with Crippen molar-refractivity contribution in [2.24, 2.45) is 0 Å². The normalized spacial score (nSPS) is 11.6. The van der Waals surface area contributed by atoms with Crippen molar-refractivity contribution in [3.63, 3.8) is 0 Å². The van der Waals surface area contributed by atoms with Gasteiger partial charge in [0, 0.05) is 38.7 Å². The van der Waals surface area contributed by atoms with Crippen LogP contribution in [0.4, 0.5) is 5.82 Å². The minimum Gasteiger partial charge on any atom is -0.372 e. The maximum absolute atomic E-state index is 12.8. The summed E-state index contributed by atoms with van der Waals surface area (Å²) in [5.41, 5.74) is 0.894. The monoisotopic (exact) mass is 306 g/mol. The summed E-state index contributed by atoms with van der Waals surface area (Å²) in [7, 11) is -1.95. The Hall–Kier alpha value is -1.99. The summed E-state index contributed by atoms with van der Waals surface area (Å²) < 4.78 is 27.0. The van der Waals surface area contributed by atoms with Crippen LogP contribution in [0, 0.1) is 0 Å². The van der Waals surface area contributed by atoms with Gasteiger partial charge >= 0.3 is 0 Å². The Bertz CT molecular complexity index is 689. The number of rotatable bonds is 6. The third kappa shape index (κ3) is 3.37.